The SMILES string of the molecule is COc1ccc(Cl)cc1COc1ccc([C@@H](C)N)cc1. The van der Waals surface area contributed by atoms with Crippen LogP contribution in [0.2, 0.25) is 5.02 Å². The van der Waals surface area contributed by atoms with Crippen molar-refractivity contribution in [2.75, 3.05) is 7.11 Å². The molecule has 2 N–H and O–H groups in total. The molecule has 0 fully saturated rings. The standard InChI is InChI=1S/C16H18ClNO2/c1-11(18)12-3-6-15(7-4-12)20-10-13-9-14(17)5-8-16(13)19-2/h3-9,11H,10,18H2,1-2H3/t11-/m1/s1. The van der Waals surface area contributed by atoms with E-state index in [0.717, 1.165) is 22.6 Å². The molecule has 0 bridgehead atoms. The summed E-state index contributed by atoms with van der Waals surface area (Å²) >= 11 is 5.99. The summed E-state index contributed by atoms with van der Waals surface area (Å²) in [7, 11) is 1.63. The van der Waals surface area contributed by atoms with Crippen LogP contribution in [0.5, 0.6) is 11.5 Å². The van der Waals surface area contributed by atoms with Gasteiger partial charge in [-0.2, -0.15) is 0 Å². The Labute approximate surface area is 124 Å². The Bertz CT molecular complexity index is 567. The van der Waals surface area contributed by atoms with Gasteiger partial charge in [0.15, 0.2) is 0 Å². The molecule has 20 heavy (non-hydrogen) atoms. The van der Waals surface area contributed by atoms with Crippen LogP contribution in [0.3, 0.4) is 0 Å². The molecule has 0 aliphatic rings. The molecule has 0 heterocycles. The van der Waals surface area contributed by atoms with E-state index in [4.69, 9.17) is 26.8 Å². The molecule has 0 radical (unpaired) electrons. The molecule has 0 aliphatic heterocycles. The number of nitrogens with two attached hydrogens (primary N) is 1. The van der Waals surface area contributed by atoms with Gasteiger partial charge in [-0.15, -0.1) is 0 Å². The molecule has 0 spiro atoms. The van der Waals surface area contributed by atoms with Crippen LogP contribution in [0.1, 0.15) is 24.1 Å². The lowest BCUT2D eigenvalue weighted by Gasteiger charge is -2.11. The molecule has 0 saturated heterocycles. The van der Waals surface area contributed by atoms with E-state index in [0.29, 0.717) is 11.6 Å². The van der Waals surface area contributed by atoms with Crippen molar-refractivity contribution in [2.45, 2.75) is 19.6 Å². The molecule has 0 aromatic heterocycles. The number of hydrogen-bond acceptors (Lipinski definition) is 3. The van der Waals surface area contributed by atoms with Gasteiger partial charge in [0.1, 0.15) is 18.1 Å². The molecule has 4 heteroatoms. The van der Waals surface area contributed by atoms with Gasteiger partial charge in [0.2, 0.25) is 0 Å². The quantitative estimate of drug-likeness (QED) is 0.907. The van der Waals surface area contributed by atoms with E-state index in [1.54, 1.807) is 13.2 Å². The molecule has 2 aromatic carbocycles. The number of rotatable bonds is 5. The van der Waals surface area contributed by atoms with Gasteiger partial charge in [-0.3, -0.25) is 0 Å². The fourth-order valence-electron chi connectivity index (χ4n) is 1.89. The zero-order chi connectivity index (χ0) is 14.5. The second-order valence-corrected chi connectivity index (χ2v) is 5.04. The van der Waals surface area contributed by atoms with Crippen LogP contribution in [-0.4, -0.2) is 7.11 Å². The van der Waals surface area contributed by atoms with Crippen molar-refractivity contribution in [3.63, 3.8) is 0 Å². The Morgan fingerprint density at radius 1 is 1.15 bits per heavy atom. The summed E-state index contributed by atoms with van der Waals surface area (Å²) in [6, 6.07) is 13.3. The van der Waals surface area contributed by atoms with Gasteiger partial charge >= 0.3 is 0 Å². The highest BCUT2D eigenvalue weighted by atomic mass is 35.5. The first-order valence-electron chi connectivity index (χ1n) is 6.41. The Morgan fingerprint density at radius 3 is 2.45 bits per heavy atom. The fraction of sp³-hybridized carbons (Fsp3) is 0.250. The highest BCUT2D eigenvalue weighted by Crippen LogP contribution is 2.24. The fourth-order valence-corrected chi connectivity index (χ4v) is 2.08. The summed E-state index contributed by atoms with van der Waals surface area (Å²) in [4.78, 5) is 0. The van der Waals surface area contributed by atoms with Gasteiger partial charge in [0.25, 0.3) is 0 Å². The van der Waals surface area contributed by atoms with Crippen molar-refractivity contribution in [2.24, 2.45) is 5.73 Å². The Balaban J connectivity index is 2.06. The van der Waals surface area contributed by atoms with Crippen molar-refractivity contribution in [1.29, 1.82) is 0 Å². The van der Waals surface area contributed by atoms with Gasteiger partial charge in [-0.25, -0.2) is 0 Å². The van der Waals surface area contributed by atoms with E-state index < -0.39 is 0 Å². The van der Waals surface area contributed by atoms with Crippen LogP contribution in [-0.2, 0) is 6.61 Å². The van der Waals surface area contributed by atoms with Crippen LogP contribution in [0.4, 0.5) is 0 Å². The van der Waals surface area contributed by atoms with Crippen molar-refractivity contribution in [3.05, 3.63) is 58.6 Å². The lowest BCUT2D eigenvalue weighted by Crippen LogP contribution is -2.04. The van der Waals surface area contributed by atoms with Crippen LogP contribution < -0.4 is 15.2 Å². The smallest absolute Gasteiger partial charge is 0.125 e. The maximum absolute atomic E-state index is 5.99. The van der Waals surface area contributed by atoms with E-state index in [1.807, 2.05) is 43.3 Å². The van der Waals surface area contributed by atoms with Crippen LogP contribution >= 0.6 is 11.6 Å². The van der Waals surface area contributed by atoms with Gasteiger partial charge in [0, 0.05) is 16.6 Å². The minimum Gasteiger partial charge on any atom is -0.496 e. The Hall–Kier alpha value is -1.71. The third-order valence-electron chi connectivity index (χ3n) is 3.04. The van der Waals surface area contributed by atoms with Crippen molar-refractivity contribution >= 4 is 11.6 Å². The Morgan fingerprint density at radius 2 is 1.85 bits per heavy atom. The molecule has 1 atom stereocenters. The van der Waals surface area contributed by atoms with Gasteiger partial charge in [-0.05, 0) is 42.8 Å². The Kier molecular flexibility index (Phi) is 4.88. The topological polar surface area (TPSA) is 44.5 Å². The molecule has 0 amide bonds. The molecule has 106 valence electrons. The first-order chi connectivity index (χ1) is 9.60. The van der Waals surface area contributed by atoms with Crippen molar-refractivity contribution in [3.8, 4) is 11.5 Å². The molecular weight excluding hydrogens is 274 g/mol. The van der Waals surface area contributed by atoms with Gasteiger partial charge in [0.05, 0.1) is 7.11 Å². The maximum atomic E-state index is 5.99. The molecular formula is C16H18ClNO2. The number of halogens is 1. The van der Waals surface area contributed by atoms with E-state index in [2.05, 4.69) is 0 Å². The van der Waals surface area contributed by atoms with E-state index in [9.17, 15) is 0 Å². The maximum Gasteiger partial charge on any atom is 0.125 e. The van der Waals surface area contributed by atoms with Crippen molar-refractivity contribution in [1.82, 2.24) is 0 Å². The van der Waals surface area contributed by atoms with Crippen LogP contribution in [0.25, 0.3) is 0 Å². The molecule has 0 saturated carbocycles. The van der Waals surface area contributed by atoms with E-state index in [-0.39, 0.29) is 6.04 Å². The highest BCUT2D eigenvalue weighted by Gasteiger charge is 2.05. The highest BCUT2D eigenvalue weighted by molar-refractivity contribution is 6.30. The monoisotopic (exact) mass is 291 g/mol. The minimum absolute atomic E-state index is 0.0251. The lowest BCUT2D eigenvalue weighted by atomic mass is 10.1. The zero-order valence-corrected chi connectivity index (χ0v) is 12.4. The first kappa shape index (κ1) is 14.7. The molecule has 0 unspecified atom stereocenters. The molecule has 3 nitrogen and oxygen atoms in total. The van der Waals surface area contributed by atoms with Crippen LogP contribution in [0.15, 0.2) is 42.5 Å². The van der Waals surface area contributed by atoms with Gasteiger partial charge in [-0.1, -0.05) is 23.7 Å². The van der Waals surface area contributed by atoms with Crippen molar-refractivity contribution < 1.29 is 9.47 Å². The van der Waals surface area contributed by atoms with E-state index in [1.165, 1.54) is 0 Å². The van der Waals surface area contributed by atoms with E-state index >= 15 is 0 Å². The number of ether oxygens (including phenoxy) is 2. The summed E-state index contributed by atoms with van der Waals surface area (Å²) in [5.41, 5.74) is 7.81. The summed E-state index contributed by atoms with van der Waals surface area (Å²) in [6.07, 6.45) is 0. The third kappa shape index (κ3) is 3.65. The largest absolute Gasteiger partial charge is 0.496 e. The van der Waals surface area contributed by atoms with Gasteiger partial charge < -0.3 is 15.2 Å². The summed E-state index contributed by atoms with van der Waals surface area (Å²) < 4.78 is 11.0. The number of hydrogen-bond donors (Lipinski definition) is 1. The van der Waals surface area contributed by atoms with Crippen LogP contribution in [0, 0.1) is 0 Å². The normalized spacial score (nSPS) is 12.0. The summed E-state index contributed by atoms with van der Waals surface area (Å²) in [6.45, 7) is 2.36. The average Bonchev–Trinajstić information content (AvgIpc) is 2.45. The molecule has 0 aliphatic carbocycles. The second kappa shape index (κ2) is 6.64. The second-order valence-electron chi connectivity index (χ2n) is 4.60. The summed E-state index contributed by atoms with van der Waals surface area (Å²) in [5, 5.41) is 0.664. The molecule has 2 aromatic rings. The average molecular weight is 292 g/mol. The summed E-state index contributed by atoms with van der Waals surface area (Å²) in [5.74, 6) is 1.55. The lowest BCUT2D eigenvalue weighted by molar-refractivity contribution is 0.296. The molecule has 2 rings (SSSR count). The predicted octanol–water partition coefficient (Wildman–Crippen LogP) is 3.95. The zero-order valence-electron chi connectivity index (χ0n) is 11.6. The minimum atomic E-state index is 0.0251. The third-order valence-corrected chi connectivity index (χ3v) is 3.28. The number of methoxy groups -OCH3 is 1. The number of benzene rings is 2. The predicted molar refractivity (Wildman–Crippen MR) is 81.4 cm³/mol. The first-order valence-corrected chi connectivity index (χ1v) is 6.78.